The normalized spacial score (nSPS) is 18.8. The smallest absolute Gasteiger partial charge is 0.273 e. The van der Waals surface area contributed by atoms with E-state index in [-0.39, 0.29) is 10.6 Å². The predicted molar refractivity (Wildman–Crippen MR) is 71.7 cm³/mol. The number of allylic oxidation sites excluding steroid dienone is 1. The lowest BCUT2D eigenvalue weighted by molar-refractivity contribution is -0.385. The van der Waals surface area contributed by atoms with E-state index in [0.717, 1.165) is 19.3 Å². The van der Waals surface area contributed by atoms with Gasteiger partial charge in [-0.1, -0.05) is 23.8 Å². The van der Waals surface area contributed by atoms with Crippen LogP contribution in [0.15, 0.2) is 30.4 Å². The molecule has 2 rings (SSSR count). The molecular formula is C13H15ClN2O2. The van der Waals surface area contributed by atoms with Crippen LogP contribution in [0.2, 0.25) is 5.02 Å². The van der Waals surface area contributed by atoms with E-state index in [2.05, 4.69) is 17.5 Å². The fourth-order valence-electron chi connectivity index (χ4n) is 2.11. The van der Waals surface area contributed by atoms with Gasteiger partial charge in [0, 0.05) is 29.2 Å². The van der Waals surface area contributed by atoms with Crippen LogP contribution in [0.4, 0.5) is 5.69 Å². The molecule has 1 N–H and O–H groups in total. The maximum Gasteiger partial charge on any atom is 0.273 e. The number of nitrogens with one attached hydrogen (secondary N) is 1. The van der Waals surface area contributed by atoms with E-state index >= 15 is 0 Å². The second kappa shape index (κ2) is 5.98. The molecule has 1 aliphatic rings. The molecule has 0 saturated carbocycles. The highest BCUT2D eigenvalue weighted by Crippen LogP contribution is 2.23. The van der Waals surface area contributed by atoms with Gasteiger partial charge in [-0.2, -0.15) is 0 Å². The molecule has 0 aliphatic heterocycles. The number of nitrogens with zero attached hydrogens (tertiary/aromatic N) is 1. The number of nitro benzene ring substituents is 1. The minimum Gasteiger partial charge on any atom is -0.309 e. The summed E-state index contributed by atoms with van der Waals surface area (Å²) >= 11 is 5.88. The summed E-state index contributed by atoms with van der Waals surface area (Å²) in [5.74, 6) is 0. The van der Waals surface area contributed by atoms with Crippen LogP contribution in [0.1, 0.15) is 24.8 Å². The van der Waals surface area contributed by atoms with Crippen molar-refractivity contribution in [1.82, 2.24) is 5.32 Å². The first-order chi connectivity index (χ1) is 8.66. The van der Waals surface area contributed by atoms with Crippen molar-refractivity contribution < 1.29 is 4.92 Å². The summed E-state index contributed by atoms with van der Waals surface area (Å²) in [5.41, 5.74) is 0.764. The molecule has 5 heteroatoms. The van der Waals surface area contributed by atoms with Gasteiger partial charge in [0.2, 0.25) is 0 Å². The van der Waals surface area contributed by atoms with Crippen LogP contribution in [-0.4, -0.2) is 11.0 Å². The molecule has 0 saturated heterocycles. The van der Waals surface area contributed by atoms with E-state index in [4.69, 9.17) is 11.6 Å². The van der Waals surface area contributed by atoms with Gasteiger partial charge in [-0.05, 0) is 31.4 Å². The zero-order valence-corrected chi connectivity index (χ0v) is 10.7. The van der Waals surface area contributed by atoms with Crippen molar-refractivity contribution in [3.63, 3.8) is 0 Å². The van der Waals surface area contributed by atoms with E-state index in [1.807, 2.05) is 0 Å². The summed E-state index contributed by atoms with van der Waals surface area (Å²) in [6, 6.07) is 5.06. The molecule has 0 radical (unpaired) electrons. The Kier molecular flexibility index (Phi) is 4.33. The Bertz CT molecular complexity index is 474. The Morgan fingerprint density at radius 2 is 2.28 bits per heavy atom. The van der Waals surface area contributed by atoms with Crippen LogP contribution in [0, 0.1) is 10.1 Å². The number of rotatable bonds is 4. The zero-order chi connectivity index (χ0) is 13.0. The highest BCUT2D eigenvalue weighted by Gasteiger charge is 2.15. The van der Waals surface area contributed by atoms with Gasteiger partial charge >= 0.3 is 0 Å². The molecule has 0 aromatic heterocycles. The van der Waals surface area contributed by atoms with E-state index in [1.54, 1.807) is 12.1 Å². The number of hydrogen-bond acceptors (Lipinski definition) is 3. The number of hydrogen-bond donors (Lipinski definition) is 1. The number of nitro groups is 1. The monoisotopic (exact) mass is 266 g/mol. The van der Waals surface area contributed by atoms with Gasteiger partial charge < -0.3 is 5.32 Å². The molecule has 0 fully saturated rings. The third-order valence-corrected chi connectivity index (χ3v) is 3.32. The van der Waals surface area contributed by atoms with E-state index in [1.165, 1.54) is 6.07 Å². The summed E-state index contributed by atoms with van der Waals surface area (Å²) in [7, 11) is 0. The summed E-state index contributed by atoms with van der Waals surface area (Å²) < 4.78 is 0. The lowest BCUT2D eigenvalue weighted by Gasteiger charge is -2.19. The number of halogens is 1. The molecule has 1 unspecified atom stereocenters. The number of benzene rings is 1. The minimum atomic E-state index is -0.367. The first-order valence-corrected chi connectivity index (χ1v) is 6.36. The standard InChI is InChI=1S/C13H15ClN2O2/c14-11-6-7-13(16(17)18)10(8-11)9-15-12-4-2-1-3-5-12/h1-2,6-8,12,15H,3-5,9H2. The molecular weight excluding hydrogens is 252 g/mol. The topological polar surface area (TPSA) is 55.2 Å². The highest BCUT2D eigenvalue weighted by molar-refractivity contribution is 6.30. The van der Waals surface area contributed by atoms with Crippen molar-refractivity contribution in [1.29, 1.82) is 0 Å². The molecule has 1 aromatic rings. The zero-order valence-electron chi connectivity index (χ0n) is 9.93. The van der Waals surface area contributed by atoms with Gasteiger partial charge in [0.15, 0.2) is 0 Å². The fraction of sp³-hybridized carbons (Fsp3) is 0.385. The van der Waals surface area contributed by atoms with Gasteiger partial charge in [0.1, 0.15) is 0 Å². The maximum atomic E-state index is 10.9. The molecule has 18 heavy (non-hydrogen) atoms. The van der Waals surface area contributed by atoms with Crippen molar-refractivity contribution in [3.05, 3.63) is 51.1 Å². The first kappa shape index (κ1) is 13.1. The Morgan fingerprint density at radius 3 is 2.94 bits per heavy atom. The van der Waals surface area contributed by atoms with Crippen molar-refractivity contribution >= 4 is 17.3 Å². The summed E-state index contributed by atoms with van der Waals surface area (Å²) in [5, 5.41) is 14.8. The van der Waals surface area contributed by atoms with Crippen LogP contribution >= 0.6 is 11.6 Å². The lowest BCUT2D eigenvalue weighted by Crippen LogP contribution is -2.29. The fourth-order valence-corrected chi connectivity index (χ4v) is 2.30. The maximum absolute atomic E-state index is 10.9. The summed E-state index contributed by atoms with van der Waals surface area (Å²) in [4.78, 5) is 10.5. The summed E-state index contributed by atoms with van der Waals surface area (Å²) in [6.07, 6.45) is 7.43. The first-order valence-electron chi connectivity index (χ1n) is 5.98. The largest absolute Gasteiger partial charge is 0.309 e. The van der Waals surface area contributed by atoms with Crippen LogP contribution in [0.3, 0.4) is 0 Å². The van der Waals surface area contributed by atoms with Crippen LogP contribution in [0.5, 0.6) is 0 Å². The van der Waals surface area contributed by atoms with Gasteiger partial charge in [0.05, 0.1) is 4.92 Å². The minimum absolute atomic E-state index is 0.123. The molecule has 1 aliphatic carbocycles. The molecule has 1 aromatic carbocycles. The SMILES string of the molecule is O=[N+]([O-])c1ccc(Cl)cc1CNC1CC=CCC1. The van der Waals surface area contributed by atoms with Crippen molar-refractivity contribution in [2.45, 2.75) is 31.8 Å². The van der Waals surface area contributed by atoms with Gasteiger partial charge in [-0.3, -0.25) is 10.1 Å². The molecule has 0 amide bonds. The lowest BCUT2D eigenvalue weighted by atomic mass is 10.0. The molecule has 1 atom stereocenters. The molecule has 0 spiro atoms. The third-order valence-electron chi connectivity index (χ3n) is 3.09. The highest BCUT2D eigenvalue weighted by atomic mass is 35.5. The predicted octanol–water partition coefficient (Wildman–Crippen LogP) is 3.45. The Hall–Kier alpha value is -1.39. The van der Waals surface area contributed by atoms with E-state index in [0.29, 0.717) is 23.2 Å². The van der Waals surface area contributed by atoms with Crippen molar-refractivity contribution in [2.75, 3.05) is 0 Å². The summed E-state index contributed by atoms with van der Waals surface area (Å²) in [6.45, 7) is 0.482. The quantitative estimate of drug-likeness (QED) is 0.516. The second-order valence-electron chi connectivity index (χ2n) is 4.39. The van der Waals surface area contributed by atoms with Crippen LogP contribution < -0.4 is 5.32 Å². The molecule has 0 heterocycles. The molecule has 0 bridgehead atoms. The van der Waals surface area contributed by atoms with Crippen molar-refractivity contribution in [3.8, 4) is 0 Å². The Morgan fingerprint density at radius 1 is 1.44 bits per heavy atom. The second-order valence-corrected chi connectivity index (χ2v) is 4.83. The van der Waals surface area contributed by atoms with E-state index < -0.39 is 0 Å². The van der Waals surface area contributed by atoms with Crippen LogP contribution in [-0.2, 0) is 6.54 Å². The third kappa shape index (κ3) is 3.31. The van der Waals surface area contributed by atoms with E-state index in [9.17, 15) is 10.1 Å². The van der Waals surface area contributed by atoms with Gasteiger partial charge in [-0.25, -0.2) is 0 Å². The van der Waals surface area contributed by atoms with Crippen LogP contribution in [0.25, 0.3) is 0 Å². The van der Waals surface area contributed by atoms with Crippen molar-refractivity contribution in [2.24, 2.45) is 0 Å². The average Bonchev–Trinajstić information content (AvgIpc) is 2.37. The Balaban J connectivity index is 2.05. The average molecular weight is 267 g/mol. The molecule has 4 nitrogen and oxygen atoms in total. The van der Waals surface area contributed by atoms with Gasteiger partial charge in [-0.15, -0.1) is 0 Å². The van der Waals surface area contributed by atoms with Gasteiger partial charge in [0.25, 0.3) is 5.69 Å². The Labute approximate surface area is 111 Å². The molecule has 96 valence electrons.